The maximum atomic E-state index is 12.8. The van der Waals surface area contributed by atoms with Crippen LogP contribution in [0.4, 0.5) is 5.69 Å². The van der Waals surface area contributed by atoms with Crippen LogP contribution in [0.15, 0.2) is 59.5 Å². The minimum absolute atomic E-state index is 0.230. The van der Waals surface area contributed by atoms with Gasteiger partial charge >= 0.3 is 0 Å². The summed E-state index contributed by atoms with van der Waals surface area (Å²) in [4.78, 5) is 11.6. The summed E-state index contributed by atoms with van der Waals surface area (Å²) in [7, 11) is -3.86. The van der Waals surface area contributed by atoms with Crippen molar-refractivity contribution in [3.05, 3.63) is 70.3 Å². The molecule has 0 radical (unpaired) electrons. The fraction of sp³-hybridized carbons (Fsp3) is 0.294. The lowest BCUT2D eigenvalue weighted by Crippen LogP contribution is -3.13. The van der Waals surface area contributed by atoms with Gasteiger partial charge in [0.15, 0.2) is 4.90 Å². The molecule has 25 heavy (non-hydrogen) atoms. The molecule has 1 aliphatic rings. The minimum Gasteiger partial charge on any atom is -0.329 e. The van der Waals surface area contributed by atoms with E-state index < -0.39 is 14.9 Å². The van der Waals surface area contributed by atoms with Crippen LogP contribution >= 0.6 is 0 Å². The van der Waals surface area contributed by atoms with Crippen molar-refractivity contribution in [3.8, 4) is 0 Å². The molecule has 0 atom stereocenters. The molecule has 132 valence electrons. The second kappa shape index (κ2) is 7.30. The first-order valence-corrected chi connectivity index (χ1v) is 9.53. The van der Waals surface area contributed by atoms with Gasteiger partial charge in [-0.1, -0.05) is 42.5 Å². The van der Waals surface area contributed by atoms with Crippen LogP contribution in [-0.2, 0) is 16.6 Å². The molecule has 2 aromatic carbocycles. The molecule has 0 spiro atoms. The molecule has 3 rings (SSSR count). The van der Waals surface area contributed by atoms with E-state index in [1.807, 2.05) is 18.2 Å². The number of quaternary nitrogens is 1. The summed E-state index contributed by atoms with van der Waals surface area (Å²) in [6.07, 6.45) is 0. The van der Waals surface area contributed by atoms with Crippen LogP contribution in [0.1, 0.15) is 5.56 Å². The highest BCUT2D eigenvalue weighted by molar-refractivity contribution is 7.89. The predicted molar refractivity (Wildman–Crippen MR) is 92.7 cm³/mol. The number of rotatable bonds is 5. The predicted octanol–water partition coefficient (Wildman–Crippen LogP) is 0.684. The number of hydrogen-bond acceptors (Lipinski definition) is 4. The summed E-state index contributed by atoms with van der Waals surface area (Å²) in [5.41, 5.74) is 0.842. The zero-order valence-corrected chi connectivity index (χ0v) is 14.5. The third-order valence-electron chi connectivity index (χ3n) is 4.41. The zero-order valence-electron chi connectivity index (χ0n) is 13.7. The number of nitrogens with zero attached hydrogens (tertiary/aromatic N) is 2. The van der Waals surface area contributed by atoms with Crippen molar-refractivity contribution in [2.75, 3.05) is 26.2 Å². The number of piperazine rings is 1. The SMILES string of the molecule is O=[N+]([O-])c1ccccc1S(=O)(=O)N1CC[NH+](Cc2ccccc2)CC1. The summed E-state index contributed by atoms with van der Waals surface area (Å²) >= 11 is 0. The third kappa shape index (κ3) is 3.87. The summed E-state index contributed by atoms with van der Waals surface area (Å²) in [6, 6.07) is 15.6. The topological polar surface area (TPSA) is 85.0 Å². The van der Waals surface area contributed by atoms with Crippen molar-refractivity contribution in [2.24, 2.45) is 0 Å². The molecule has 8 heteroatoms. The van der Waals surface area contributed by atoms with Crippen molar-refractivity contribution >= 4 is 15.7 Å². The van der Waals surface area contributed by atoms with Crippen molar-refractivity contribution in [2.45, 2.75) is 11.4 Å². The third-order valence-corrected chi connectivity index (χ3v) is 6.35. The molecule has 2 aromatic rings. The Hall–Kier alpha value is -2.29. The second-order valence-electron chi connectivity index (χ2n) is 6.04. The molecule has 1 N–H and O–H groups in total. The van der Waals surface area contributed by atoms with Crippen LogP contribution < -0.4 is 4.90 Å². The number of benzene rings is 2. The molecule has 1 aliphatic heterocycles. The Morgan fingerprint density at radius 2 is 1.60 bits per heavy atom. The van der Waals surface area contributed by atoms with Crippen molar-refractivity contribution < 1.29 is 18.2 Å². The van der Waals surface area contributed by atoms with Crippen LogP contribution in [0.2, 0.25) is 0 Å². The van der Waals surface area contributed by atoms with E-state index in [2.05, 4.69) is 12.1 Å². The van der Waals surface area contributed by atoms with Gasteiger partial charge in [0, 0.05) is 11.6 Å². The van der Waals surface area contributed by atoms with E-state index in [1.165, 1.54) is 39.0 Å². The van der Waals surface area contributed by atoms with Gasteiger partial charge in [0.05, 0.1) is 31.1 Å². The summed E-state index contributed by atoms with van der Waals surface area (Å²) in [5, 5.41) is 11.1. The van der Waals surface area contributed by atoms with Crippen LogP contribution in [0, 0.1) is 10.1 Å². The number of hydrogen-bond donors (Lipinski definition) is 1. The average Bonchev–Trinajstić information content (AvgIpc) is 2.63. The van der Waals surface area contributed by atoms with Crippen LogP contribution in [0.25, 0.3) is 0 Å². The lowest BCUT2D eigenvalue weighted by molar-refractivity contribution is -0.917. The molecule has 0 bridgehead atoms. The molecule has 0 unspecified atom stereocenters. The van der Waals surface area contributed by atoms with E-state index >= 15 is 0 Å². The molecule has 0 aromatic heterocycles. The molecular weight excluding hydrogens is 342 g/mol. The largest absolute Gasteiger partial charge is 0.329 e. The number of para-hydroxylation sites is 1. The van der Waals surface area contributed by atoms with Crippen molar-refractivity contribution in [3.63, 3.8) is 0 Å². The van der Waals surface area contributed by atoms with E-state index in [9.17, 15) is 18.5 Å². The number of nitro groups is 1. The first kappa shape index (κ1) is 17.5. The van der Waals surface area contributed by atoms with Crippen LogP contribution in [-0.4, -0.2) is 43.8 Å². The fourth-order valence-corrected chi connectivity index (χ4v) is 4.67. The lowest BCUT2D eigenvalue weighted by Gasteiger charge is -2.31. The summed E-state index contributed by atoms with van der Waals surface area (Å²) in [5.74, 6) is 0. The van der Waals surface area contributed by atoms with Gasteiger partial charge in [-0.3, -0.25) is 10.1 Å². The zero-order chi connectivity index (χ0) is 17.9. The van der Waals surface area contributed by atoms with Gasteiger partial charge in [-0.05, 0) is 6.07 Å². The van der Waals surface area contributed by atoms with Crippen molar-refractivity contribution in [1.29, 1.82) is 0 Å². The molecule has 0 amide bonds. The van der Waals surface area contributed by atoms with Crippen LogP contribution in [0.5, 0.6) is 0 Å². The monoisotopic (exact) mass is 362 g/mol. The number of nitrogens with one attached hydrogen (secondary N) is 1. The highest BCUT2D eigenvalue weighted by Crippen LogP contribution is 2.26. The molecule has 1 heterocycles. The highest BCUT2D eigenvalue weighted by atomic mass is 32.2. The Balaban J connectivity index is 1.71. The van der Waals surface area contributed by atoms with Gasteiger partial charge < -0.3 is 4.90 Å². The van der Waals surface area contributed by atoms with Gasteiger partial charge in [0.25, 0.3) is 5.69 Å². The lowest BCUT2D eigenvalue weighted by atomic mass is 10.2. The smallest absolute Gasteiger partial charge is 0.289 e. The Bertz CT molecular complexity index is 847. The standard InChI is InChI=1S/C17H19N3O4S/c21-20(22)16-8-4-5-9-17(16)25(23,24)19-12-10-18(11-13-19)14-15-6-2-1-3-7-15/h1-9H,10-14H2/p+1. The van der Waals surface area contributed by atoms with Gasteiger partial charge in [-0.25, -0.2) is 8.42 Å². The average molecular weight is 362 g/mol. The molecule has 1 saturated heterocycles. The number of nitro benzene ring substituents is 1. The molecule has 1 fully saturated rings. The second-order valence-corrected chi connectivity index (χ2v) is 7.95. The molecule has 0 saturated carbocycles. The first-order chi connectivity index (χ1) is 12.0. The Morgan fingerprint density at radius 1 is 1.00 bits per heavy atom. The molecular formula is C17H20N3O4S+. The van der Waals surface area contributed by atoms with Gasteiger partial charge in [0.2, 0.25) is 10.0 Å². The van der Waals surface area contributed by atoms with Gasteiger partial charge in [0.1, 0.15) is 6.54 Å². The van der Waals surface area contributed by atoms with E-state index in [0.717, 1.165) is 6.54 Å². The summed E-state index contributed by atoms with van der Waals surface area (Å²) in [6.45, 7) is 2.91. The van der Waals surface area contributed by atoms with Crippen LogP contribution in [0.3, 0.4) is 0 Å². The Kier molecular flexibility index (Phi) is 5.12. The maximum absolute atomic E-state index is 12.8. The van der Waals surface area contributed by atoms with E-state index in [1.54, 1.807) is 0 Å². The summed E-state index contributed by atoms with van der Waals surface area (Å²) < 4.78 is 26.9. The molecule has 7 nitrogen and oxygen atoms in total. The van der Waals surface area contributed by atoms with E-state index in [-0.39, 0.29) is 10.6 Å². The van der Waals surface area contributed by atoms with E-state index in [4.69, 9.17) is 0 Å². The minimum atomic E-state index is -3.86. The van der Waals surface area contributed by atoms with Gasteiger partial charge in [-0.2, -0.15) is 4.31 Å². The van der Waals surface area contributed by atoms with Gasteiger partial charge in [-0.15, -0.1) is 0 Å². The first-order valence-electron chi connectivity index (χ1n) is 8.09. The van der Waals surface area contributed by atoms with E-state index in [0.29, 0.717) is 26.2 Å². The highest BCUT2D eigenvalue weighted by Gasteiger charge is 2.34. The Labute approximate surface area is 146 Å². The fourth-order valence-electron chi connectivity index (χ4n) is 3.07. The number of sulfonamides is 1. The normalized spacial score (nSPS) is 16.6. The quantitative estimate of drug-likeness (QED) is 0.626. The maximum Gasteiger partial charge on any atom is 0.289 e. The molecule has 0 aliphatic carbocycles. The van der Waals surface area contributed by atoms with Crippen molar-refractivity contribution in [1.82, 2.24) is 4.31 Å². The Morgan fingerprint density at radius 3 is 2.24 bits per heavy atom.